The Morgan fingerprint density at radius 3 is 2.63 bits per heavy atom. The summed E-state index contributed by atoms with van der Waals surface area (Å²) in [5, 5.41) is 10.8. The fraction of sp³-hybridized carbons (Fsp3) is 0.500. The molecule has 13 nitrogen and oxygen atoms in total. The molecule has 0 bridgehead atoms. The predicted molar refractivity (Wildman–Crippen MR) is 136 cm³/mol. The number of esters is 1. The highest BCUT2D eigenvalue weighted by molar-refractivity contribution is 8.00. The Morgan fingerprint density at radius 2 is 2.00 bits per heavy atom. The van der Waals surface area contributed by atoms with Crippen LogP contribution in [0.2, 0.25) is 0 Å². The number of hydrogen-bond donors (Lipinski definition) is 4. The zero-order valence-corrected chi connectivity index (χ0v) is 22.5. The lowest BCUT2D eigenvalue weighted by molar-refractivity contribution is -0.144. The lowest BCUT2D eigenvalue weighted by Crippen LogP contribution is -2.37. The predicted octanol–water partition coefficient (Wildman–Crippen LogP) is 1.81. The summed E-state index contributed by atoms with van der Waals surface area (Å²) in [4.78, 5) is 42.9. The zero-order valence-electron chi connectivity index (χ0n) is 20.8. The molecule has 1 aromatic heterocycles. The van der Waals surface area contributed by atoms with Crippen molar-refractivity contribution in [3.63, 3.8) is 0 Å². The number of anilines is 1. The van der Waals surface area contributed by atoms with E-state index in [1.807, 2.05) is 13.8 Å². The number of alkyl halides is 1. The molecule has 0 aliphatic carbocycles. The average molecular weight is 577 g/mol. The highest BCUT2D eigenvalue weighted by atomic mass is 32.2. The Balaban J connectivity index is 1.64. The van der Waals surface area contributed by atoms with Gasteiger partial charge >= 0.3 is 19.4 Å². The summed E-state index contributed by atoms with van der Waals surface area (Å²) in [6.07, 6.45) is -1.74. The SMILES string of the molecule is COC(=O)[C@H](CC(C)C)NP(=O)(O)OOc1ccccc1OC[C@H]1S[C@@H](n2ccc(N)nc2=O)[C@@H](F)[C@@H]1O. The number of thioether (sulfide) groups is 1. The largest absolute Gasteiger partial charge is 0.488 e. The smallest absolute Gasteiger partial charge is 0.440 e. The standard InChI is InChI=1S/C22H30FN4O9PS/c1-12(2)10-13(21(29)33-3)26-37(31,32)36-35-15-7-5-4-6-14(15)34-11-16-19(28)18(23)20(38-16)27-9-8-17(24)25-22(27)30/h4-9,12-13,16,18-20,28H,10-11H2,1-3H3,(H2,24,25,30)(H2,26,31,32)/t13-,16+,18-,19+,20+/m0/s1. The number of carbonyl (C=O) groups is 1. The van der Waals surface area contributed by atoms with Crippen molar-refractivity contribution in [3.8, 4) is 11.5 Å². The first-order valence-electron chi connectivity index (χ1n) is 11.5. The Labute approximate surface area is 222 Å². The van der Waals surface area contributed by atoms with Gasteiger partial charge < -0.3 is 30.1 Å². The van der Waals surface area contributed by atoms with Crippen molar-refractivity contribution in [3.05, 3.63) is 47.0 Å². The van der Waals surface area contributed by atoms with Gasteiger partial charge in [-0.2, -0.15) is 4.98 Å². The van der Waals surface area contributed by atoms with E-state index < -0.39 is 48.3 Å². The number of halogens is 1. The first-order valence-corrected chi connectivity index (χ1v) is 14.0. The van der Waals surface area contributed by atoms with Gasteiger partial charge in [-0.05, 0) is 30.5 Å². The lowest BCUT2D eigenvalue weighted by atomic mass is 10.1. The molecule has 1 aromatic carbocycles. The van der Waals surface area contributed by atoms with Crippen LogP contribution in [0.25, 0.3) is 0 Å². The third-order valence-corrected chi connectivity index (χ3v) is 7.86. The molecule has 6 atom stereocenters. The van der Waals surface area contributed by atoms with Gasteiger partial charge in [-0.25, -0.2) is 18.8 Å². The molecule has 0 saturated carbocycles. The van der Waals surface area contributed by atoms with Crippen LogP contribution in [0.4, 0.5) is 10.2 Å². The second-order valence-electron chi connectivity index (χ2n) is 8.81. The maximum atomic E-state index is 14.8. The number of rotatable bonds is 12. The van der Waals surface area contributed by atoms with E-state index in [-0.39, 0.29) is 36.3 Å². The molecule has 16 heteroatoms. The minimum absolute atomic E-state index is 0.00360. The van der Waals surface area contributed by atoms with Crippen LogP contribution in [-0.2, 0) is 18.8 Å². The number of nitrogens with one attached hydrogen (secondary N) is 1. The Hall–Kier alpha value is -2.68. The molecular weight excluding hydrogens is 546 g/mol. The number of hydrogen-bond acceptors (Lipinski definition) is 11. The van der Waals surface area contributed by atoms with Crippen molar-refractivity contribution >= 4 is 31.3 Å². The number of aliphatic hydroxyl groups excluding tert-OH is 1. The molecule has 1 saturated heterocycles. The monoisotopic (exact) mass is 576 g/mol. The minimum atomic E-state index is -4.63. The van der Waals surface area contributed by atoms with E-state index in [1.165, 1.54) is 24.4 Å². The number of para-hydroxylation sites is 2. The normalized spacial score (nSPS) is 23.6. The second kappa shape index (κ2) is 12.9. The molecule has 1 unspecified atom stereocenters. The minimum Gasteiger partial charge on any atom is -0.488 e. The van der Waals surface area contributed by atoms with Crippen molar-refractivity contribution in [2.45, 2.75) is 49.2 Å². The molecule has 1 aliphatic rings. The van der Waals surface area contributed by atoms with E-state index in [1.54, 1.807) is 12.1 Å². The summed E-state index contributed by atoms with van der Waals surface area (Å²) < 4.78 is 43.4. The second-order valence-corrected chi connectivity index (χ2v) is 11.6. The molecule has 3 rings (SSSR count). The summed E-state index contributed by atoms with van der Waals surface area (Å²) in [7, 11) is -3.48. The van der Waals surface area contributed by atoms with Crippen molar-refractivity contribution in [1.82, 2.24) is 14.6 Å². The highest BCUT2D eigenvalue weighted by Gasteiger charge is 2.45. The Kier molecular flexibility index (Phi) is 10.2. The van der Waals surface area contributed by atoms with Gasteiger partial charge in [0.2, 0.25) is 5.75 Å². The Bertz CT molecular complexity index is 1220. The highest BCUT2D eigenvalue weighted by Crippen LogP contribution is 2.44. The van der Waals surface area contributed by atoms with Crippen LogP contribution in [-0.4, -0.2) is 62.8 Å². The molecular formula is C22H30FN4O9PS. The van der Waals surface area contributed by atoms with Crippen LogP contribution in [0.3, 0.4) is 0 Å². The van der Waals surface area contributed by atoms with Crippen LogP contribution < -0.4 is 26.1 Å². The van der Waals surface area contributed by atoms with Crippen LogP contribution >= 0.6 is 19.5 Å². The van der Waals surface area contributed by atoms with Crippen molar-refractivity contribution in [2.24, 2.45) is 5.92 Å². The van der Waals surface area contributed by atoms with E-state index in [2.05, 4.69) is 14.8 Å². The van der Waals surface area contributed by atoms with E-state index in [9.17, 15) is 28.5 Å². The van der Waals surface area contributed by atoms with Gasteiger partial charge in [-0.3, -0.25) is 9.36 Å². The summed E-state index contributed by atoms with van der Waals surface area (Å²) in [6, 6.07) is 6.23. The first-order chi connectivity index (χ1) is 17.9. The van der Waals surface area contributed by atoms with E-state index in [0.717, 1.165) is 23.4 Å². The number of nitrogen functional groups attached to an aromatic ring is 1. The molecule has 5 N–H and O–H groups in total. The lowest BCUT2D eigenvalue weighted by Gasteiger charge is -2.21. The van der Waals surface area contributed by atoms with Crippen LogP contribution in [0.1, 0.15) is 25.6 Å². The van der Waals surface area contributed by atoms with Gasteiger partial charge in [0.05, 0.1) is 12.4 Å². The maximum absolute atomic E-state index is 14.8. The zero-order chi connectivity index (χ0) is 28.0. The first kappa shape index (κ1) is 29.9. The maximum Gasteiger partial charge on any atom is 0.440 e. The summed E-state index contributed by atoms with van der Waals surface area (Å²) >= 11 is 0.981. The number of ether oxygens (including phenoxy) is 2. The molecule has 1 fully saturated rings. The number of benzene rings is 1. The number of aromatic nitrogens is 2. The molecule has 38 heavy (non-hydrogen) atoms. The van der Waals surface area contributed by atoms with Crippen molar-refractivity contribution in [1.29, 1.82) is 0 Å². The summed E-state index contributed by atoms with van der Waals surface area (Å²) in [5.41, 5.74) is 4.73. The van der Waals surface area contributed by atoms with Crippen LogP contribution in [0.15, 0.2) is 41.3 Å². The number of aliphatic hydroxyl groups is 1. The number of nitrogens with zero attached hydrogens (tertiary/aromatic N) is 2. The van der Waals surface area contributed by atoms with Gasteiger partial charge in [-0.1, -0.05) is 30.7 Å². The molecule has 0 amide bonds. The average Bonchev–Trinajstić information content (AvgIpc) is 3.14. The molecule has 0 spiro atoms. The number of nitrogens with two attached hydrogens (primary N) is 1. The third-order valence-electron chi connectivity index (χ3n) is 5.41. The van der Waals surface area contributed by atoms with Crippen LogP contribution in [0, 0.1) is 5.92 Å². The van der Waals surface area contributed by atoms with Crippen LogP contribution in [0.5, 0.6) is 11.5 Å². The van der Waals surface area contributed by atoms with Crippen molar-refractivity contribution in [2.75, 3.05) is 19.5 Å². The van der Waals surface area contributed by atoms with Crippen molar-refractivity contribution < 1.29 is 42.8 Å². The van der Waals surface area contributed by atoms with Gasteiger partial charge in [-0.15, -0.1) is 11.8 Å². The van der Waals surface area contributed by atoms with Gasteiger partial charge in [0.1, 0.15) is 29.9 Å². The van der Waals surface area contributed by atoms with Gasteiger partial charge in [0, 0.05) is 6.20 Å². The molecule has 210 valence electrons. The molecule has 1 aliphatic heterocycles. The number of methoxy groups -OCH3 is 1. The summed E-state index contributed by atoms with van der Waals surface area (Å²) in [5.74, 6) is -0.769. The third kappa shape index (κ3) is 7.68. The topological polar surface area (TPSA) is 184 Å². The molecule has 0 radical (unpaired) electrons. The fourth-order valence-electron chi connectivity index (χ4n) is 3.62. The Morgan fingerprint density at radius 1 is 1.32 bits per heavy atom. The van der Waals surface area contributed by atoms with E-state index in [0.29, 0.717) is 0 Å². The summed E-state index contributed by atoms with van der Waals surface area (Å²) in [6.45, 7) is 3.44. The quantitative estimate of drug-likeness (QED) is 0.124. The van der Waals surface area contributed by atoms with Gasteiger partial charge in [0.25, 0.3) is 0 Å². The van der Waals surface area contributed by atoms with E-state index in [4.69, 9.17) is 20.0 Å². The van der Waals surface area contributed by atoms with Gasteiger partial charge in [0.15, 0.2) is 11.9 Å². The fourth-order valence-corrected chi connectivity index (χ4v) is 5.87. The molecule has 2 aromatic rings. The molecule has 2 heterocycles. The number of carbonyl (C=O) groups excluding carboxylic acids is 1. The van der Waals surface area contributed by atoms with E-state index >= 15 is 0 Å².